The molecule has 2 aliphatic carbocycles. The van der Waals surface area contributed by atoms with Crippen LogP contribution in [0, 0.1) is 0 Å². The van der Waals surface area contributed by atoms with Crippen molar-refractivity contribution >= 4 is 32.8 Å². The summed E-state index contributed by atoms with van der Waals surface area (Å²) in [7, 11) is 19.6. The molecule has 0 aromatic rings. The van der Waals surface area contributed by atoms with Crippen LogP contribution < -0.4 is 0 Å². The first-order valence-electron chi connectivity index (χ1n) is 12.1. The topological polar surface area (TPSA) is 94.2 Å². The SMILES string of the molecule is COC1CC(N=CC2=CC=CC(C=NC3CC(OC)C(OC)C(OC)C3)[N-]2)CC(OC)C1OC.[Cl][Ni+][Cl]. The Labute approximate surface area is 235 Å². The van der Waals surface area contributed by atoms with Crippen LogP contribution in [-0.4, -0.2) is 110 Å². The van der Waals surface area contributed by atoms with Gasteiger partial charge in [0.25, 0.3) is 0 Å². The number of nitrogens with zero attached hydrogens (tertiary/aromatic N) is 3. The van der Waals surface area contributed by atoms with Crippen LogP contribution in [0.2, 0.25) is 0 Å². The fourth-order valence-corrected chi connectivity index (χ4v) is 5.13. The first-order chi connectivity index (χ1) is 18.0. The molecule has 0 bridgehead atoms. The quantitative estimate of drug-likeness (QED) is 0.274. The van der Waals surface area contributed by atoms with Crippen LogP contribution in [0.25, 0.3) is 5.32 Å². The molecule has 37 heavy (non-hydrogen) atoms. The van der Waals surface area contributed by atoms with Gasteiger partial charge in [0.15, 0.2) is 0 Å². The number of ether oxygens (including phenoxy) is 6. The molecule has 9 nitrogen and oxygen atoms in total. The minimum atomic E-state index is -0.128. The van der Waals surface area contributed by atoms with E-state index in [2.05, 4.69) is 0 Å². The van der Waals surface area contributed by atoms with Gasteiger partial charge in [0, 0.05) is 48.9 Å². The summed E-state index contributed by atoms with van der Waals surface area (Å²) in [6.07, 6.45) is 12.5. The van der Waals surface area contributed by atoms with Crippen LogP contribution in [0.3, 0.4) is 0 Å². The second-order valence-electron chi connectivity index (χ2n) is 8.97. The van der Waals surface area contributed by atoms with Crippen molar-refractivity contribution < 1.29 is 41.1 Å². The third kappa shape index (κ3) is 9.85. The fraction of sp³-hybridized carbons (Fsp3) is 0.760. The number of halogens is 2. The predicted molar refractivity (Wildman–Crippen MR) is 144 cm³/mol. The van der Waals surface area contributed by atoms with Gasteiger partial charge in [-0.3, -0.25) is 9.98 Å². The van der Waals surface area contributed by atoms with Gasteiger partial charge < -0.3 is 33.7 Å². The monoisotopic (exact) mass is 606 g/mol. The van der Waals surface area contributed by atoms with Gasteiger partial charge in [-0.25, -0.2) is 0 Å². The summed E-state index contributed by atoms with van der Waals surface area (Å²) in [5.74, 6) is 0. The first kappa shape index (κ1) is 32.7. The van der Waals surface area contributed by atoms with Gasteiger partial charge in [-0.05, 0) is 31.9 Å². The van der Waals surface area contributed by atoms with Crippen LogP contribution in [-0.2, 0) is 41.1 Å². The first-order valence-corrected chi connectivity index (χ1v) is 14.8. The average Bonchev–Trinajstić information content (AvgIpc) is 2.94. The number of methoxy groups -OCH3 is 6. The van der Waals surface area contributed by atoms with Crippen molar-refractivity contribution in [3.63, 3.8) is 0 Å². The van der Waals surface area contributed by atoms with Crippen LogP contribution >= 0.6 is 20.4 Å². The van der Waals surface area contributed by atoms with Crippen LogP contribution in [0.1, 0.15) is 25.7 Å². The minimum absolute atomic E-state index is 0.0488. The molecule has 215 valence electrons. The van der Waals surface area contributed by atoms with Crippen LogP contribution in [0.5, 0.6) is 0 Å². The van der Waals surface area contributed by atoms with Gasteiger partial charge in [0.1, 0.15) is 12.2 Å². The summed E-state index contributed by atoms with van der Waals surface area (Å²) in [5.41, 5.74) is 0.823. The molecule has 0 saturated heterocycles. The summed E-state index contributed by atoms with van der Waals surface area (Å²) < 4.78 is 33.7. The van der Waals surface area contributed by atoms with Crippen molar-refractivity contribution in [2.24, 2.45) is 9.98 Å². The van der Waals surface area contributed by atoms with E-state index in [-0.39, 0.29) is 54.7 Å². The molecule has 5 unspecified atom stereocenters. The van der Waals surface area contributed by atoms with E-state index in [0.29, 0.717) is 12.7 Å². The van der Waals surface area contributed by atoms with Gasteiger partial charge in [0.2, 0.25) is 0 Å². The molecule has 12 heteroatoms. The molecule has 0 aromatic carbocycles. The molecule has 3 rings (SSSR count). The van der Waals surface area contributed by atoms with E-state index in [1.807, 2.05) is 30.7 Å². The molecule has 0 aromatic heterocycles. The summed E-state index contributed by atoms with van der Waals surface area (Å²) in [5, 5.41) is 4.77. The average molecular weight is 608 g/mol. The zero-order valence-corrected chi connectivity index (χ0v) is 24.8. The zero-order chi connectivity index (χ0) is 27.2. The molecule has 2 saturated carbocycles. The Kier molecular flexibility index (Phi) is 15.8. The third-order valence-corrected chi connectivity index (χ3v) is 6.98. The van der Waals surface area contributed by atoms with Crippen molar-refractivity contribution in [1.29, 1.82) is 0 Å². The van der Waals surface area contributed by atoms with Crippen molar-refractivity contribution in [2.45, 2.75) is 80.4 Å². The van der Waals surface area contributed by atoms with Crippen molar-refractivity contribution in [2.75, 3.05) is 42.7 Å². The molecule has 3 aliphatic rings. The van der Waals surface area contributed by atoms with Gasteiger partial charge in [-0.2, -0.15) is 0 Å². The molecular formula is C25H40Cl2N3NiO6. The molecule has 5 atom stereocenters. The Morgan fingerprint density at radius 3 is 1.59 bits per heavy atom. The van der Waals surface area contributed by atoms with Crippen LogP contribution in [0.4, 0.5) is 0 Å². The third-order valence-electron chi connectivity index (χ3n) is 6.98. The standard InChI is InChI=1S/C25H40N3O6.2ClH.Ni/c1-29-20-10-18(11-21(30-2)24(20)33-5)26-14-16-8-7-9-17(28-16)15-27-19-12-22(31-3)25(34-6)23(13-19)32-4;;;/h7-9,14-16,18-25H,10-13H2,1-6H3;2*1H;/q-1;;;+3/p-2. The Morgan fingerprint density at radius 2 is 1.19 bits per heavy atom. The zero-order valence-electron chi connectivity index (χ0n) is 22.3. The van der Waals surface area contributed by atoms with E-state index in [0.717, 1.165) is 31.4 Å². The molecule has 0 radical (unpaired) electrons. The van der Waals surface area contributed by atoms with E-state index in [1.165, 1.54) is 0 Å². The number of rotatable bonds is 10. The Morgan fingerprint density at radius 1 is 0.757 bits per heavy atom. The summed E-state index contributed by atoms with van der Waals surface area (Å²) >= 11 is 0.569. The molecular weight excluding hydrogens is 568 g/mol. The number of aliphatic imine (C=N–C) groups is 2. The van der Waals surface area contributed by atoms with Gasteiger partial charge in [-0.15, -0.1) is 5.70 Å². The maximum absolute atomic E-state index is 5.63. The van der Waals surface area contributed by atoms with Crippen LogP contribution in [0.15, 0.2) is 33.9 Å². The second-order valence-corrected chi connectivity index (χ2v) is 10.6. The second kappa shape index (κ2) is 17.9. The Balaban J connectivity index is 0.00000153. The number of hydrogen-bond acceptors (Lipinski definition) is 8. The van der Waals surface area contributed by atoms with E-state index >= 15 is 0 Å². The van der Waals surface area contributed by atoms with Gasteiger partial charge in [-0.1, -0.05) is 24.3 Å². The van der Waals surface area contributed by atoms with Crippen molar-refractivity contribution in [3.8, 4) is 0 Å². The van der Waals surface area contributed by atoms with E-state index in [4.69, 9.17) is 64.1 Å². The van der Waals surface area contributed by atoms with Gasteiger partial charge in [0.05, 0.1) is 36.5 Å². The van der Waals surface area contributed by atoms with Gasteiger partial charge >= 0.3 is 33.0 Å². The summed E-state index contributed by atoms with van der Waals surface area (Å²) in [6.45, 7) is 0. The number of allylic oxidation sites excluding steroid dienone is 3. The van der Waals surface area contributed by atoms with E-state index < -0.39 is 0 Å². The molecule has 1 heterocycles. The van der Waals surface area contributed by atoms with Crippen molar-refractivity contribution in [3.05, 3.63) is 29.2 Å². The Hall–Kier alpha value is -0.546. The maximum atomic E-state index is 5.63. The fourth-order valence-electron chi connectivity index (χ4n) is 5.13. The molecule has 0 spiro atoms. The van der Waals surface area contributed by atoms with Crippen molar-refractivity contribution in [1.82, 2.24) is 0 Å². The summed E-state index contributed by atoms with van der Waals surface area (Å²) in [4.78, 5) is 9.60. The molecule has 2 fully saturated rings. The predicted octanol–water partition coefficient (Wildman–Crippen LogP) is 4.12. The molecule has 1 aliphatic heterocycles. The summed E-state index contributed by atoms with van der Waals surface area (Å²) in [6, 6.07) is 0.0560. The Bertz CT molecular complexity index is 747. The molecule has 0 N–H and O–H groups in total. The number of hydrogen-bond donors (Lipinski definition) is 0. The van der Waals surface area contributed by atoms with E-state index in [9.17, 15) is 0 Å². The molecule has 0 amide bonds. The normalized spacial score (nSPS) is 36.3. The van der Waals surface area contributed by atoms with E-state index in [1.54, 1.807) is 42.7 Å².